The molecule has 1 atom stereocenters. The first-order valence-corrected chi connectivity index (χ1v) is 8.40. The largest absolute Gasteiger partial charge is 0.469 e. The number of benzene rings is 1. The lowest BCUT2D eigenvalue weighted by molar-refractivity contribution is -0.121. The quantitative estimate of drug-likeness (QED) is 0.680. The Balaban J connectivity index is 1.42. The predicted octanol–water partition coefficient (Wildman–Crippen LogP) is 3.40. The third-order valence-electron chi connectivity index (χ3n) is 3.88. The number of furan rings is 1. The highest BCUT2D eigenvalue weighted by Gasteiger charge is 2.12. The lowest BCUT2D eigenvalue weighted by Crippen LogP contribution is -2.33. The molecule has 0 aliphatic rings. The van der Waals surface area contributed by atoms with Crippen LogP contribution in [0.25, 0.3) is 11.4 Å². The first-order valence-electron chi connectivity index (χ1n) is 8.40. The summed E-state index contributed by atoms with van der Waals surface area (Å²) >= 11 is 0. The number of nitrogens with one attached hydrogen (secondary N) is 1. The summed E-state index contributed by atoms with van der Waals surface area (Å²) in [4.78, 5) is 16.4. The van der Waals surface area contributed by atoms with Gasteiger partial charge in [0.15, 0.2) is 0 Å². The molecule has 0 saturated heterocycles. The van der Waals surface area contributed by atoms with Crippen molar-refractivity contribution in [3.63, 3.8) is 0 Å². The highest BCUT2D eigenvalue weighted by molar-refractivity contribution is 5.76. The molecule has 2 heterocycles. The SMILES string of the molecule is C[C@H](CCc1ccco1)NC(=O)CCc1nc(-c2ccccc2)no1. The summed E-state index contributed by atoms with van der Waals surface area (Å²) in [5, 5.41) is 6.94. The van der Waals surface area contributed by atoms with Crippen molar-refractivity contribution in [3.8, 4) is 11.4 Å². The topological polar surface area (TPSA) is 81.2 Å². The normalized spacial score (nSPS) is 12.0. The Hall–Kier alpha value is -2.89. The second-order valence-corrected chi connectivity index (χ2v) is 5.96. The van der Waals surface area contributed by atoms with Crippen molar-refractivity contribution in [2.24, 2.45) is 0 Å². The molecule has 0 spiro atoms. The fourth-order valence-electron chi connectivity index (χ4n) is 2.51. The predicted molar refractivity (Wildman–Crippen MR) is 92.7 cm³/mol. The summed E-state index contributed by atoms with van der Waals surface area (Å²) in [6, 6.07) is 13.5. The summed E-state index contributed by atoms with van der Waals surface area (Å²) in [5.74, 6) is 1.92. The molecule has 2 aromatic heterocycles. The molecule has 6 heteroatoms. The van der Waals surface area contributed by atoms with E-state index in [9.17, 15) is 4.79 Å². The molecule has 130 valence electrons. The van der Waals surface area contributed by atoms with Crippen LogP contribution in [0, 0.1) is 0 Å². The summed E-state index contributed by atoms with van der Waals surface area (Å²) in [7, 11) is 0. The van der Waals surface area contributed by atoms with Gasteiger partial charge in [-0.2, -0.15) is 4.98 Å². The number of carbonyl (C=O) groups excluding carboxylic acids is 1. The van der Waals surface area contributed by atoms with Gasteiger partial charge in [0, 0.05) is 30.9 Å². The lowest BCUT2D eigenvalue weighted by atomic mass is 10.1. The molecule has 0 radical (unpaired) electrons. The number of carbonyl (C=O) groups is 1. The number of nitrogens with zero attached hydrogens (tertiary/aromatic N) is 2. The smallest absolute Gasteiger partial charge is 0.227 e. The average molecular weight is 339 g/mol. The molecule has 0 aliphatic heterocycles. The minimum absolute atomic E-state index is 0.0218. The highest BCUT2D eigenvalue weighted by atomic mass is 16.5. The maximum atomic E-state index is 12.0. The zero-order valence-electron chi connectivity index (χ0n) is 14.1. The van der Waals surface area contributed by atoms with Gasteiger partial charge in [0.1, 0.15) is 5.76 Å². The van der Waals surface area contributed by atoms with Crippen LogP contribution in [0.1, 0.15) is 31.4 Å². The molecule has 25 heavy (non-hydrogen) atoms. The Labute approximate surface area is 146 Å². The molecular formula is C19H21N3O3. The van der Waals surface area contributed by atoms with E-state index < -0.39 is 0 Å². The van der Waals surface area contributed by atoms with Gasteiger partial charge < -0.3 is 14.3 Å². The zero-order chi connectivity index (χ0) is 17.5. The van der Waals surface area contributed by atoms with Crippen LogP contribution < -0.4 is 5.32 Å². The fraction of sp³-hybridized carbons (Fsp3) is 0.316. The third kappa shape index (κ3) is 5.04. The maximum Gasteiger partial charge on any atom is 0.227 e. The molecular weight excluding hydrogens is 318 g/mol. The zero-order valence-corrected chi connectivity index (χ0v) is 14.1. The van der Waals surface area contributed by atoms with Crippen molar-refractivity contribution >= 4 is 5.91 Å². The van der Waals surface area contributed by atoms with E-state index in [-0.39, 0.29) is 11.9 Å². The Morgan fingerprint density at radius 1 is 1.16 bits per heavy atom. The van der Waals surface area contributed by atoms with Crippen LogP contribution in [0.2, 0.25) is 0 Å². The van der Waals surface area contributed by atoms with E-state index in [2.05, 4.69) is 15.5 Å². The number of aryl methyl sites for hydroxylation is 2. The first-order chi connectivity index (χ1) is 12.2. The van der Waals surface area contributed by atoms with Crippen molar-refractivity contribution in [2.45, 2.75) is 38.6 Å². The third-order valence-corrected chi connectivity index (χ3v) is 3.88. The number of aromatic nitrogens is 2. The van der Waals surface area contributed by atoms with E-state index in [4.69, 9.17) is 8.94 Å². The molecule has 0 bridgehead atoms. The molecule has 1 aromatic carbocycles. The molecule has 6 nitrogen and oxygen atoms in total. The maximum absolute atomic E-state index is 12.0. The molecule has 1 amide bonds. The first kappa shape index (κ1) is 17.0. The summed E-state index contributed by atoms with van der Waals surface area (Å²) in [6.07, 6.45) is 4.04. The van der Waals surface area contributed by atoms with Gasteiger partial charge in [0.05, 0.1) is 6.26 Å². The summed E-state index contributed by atoms with van der Waals surface area (Å²) < 4.78 is 10.5. The summed E-state index contributed by atoms with van der Waals surface area (Å²) in [5.41, 5.74) is 0.897. The summed E-state index contributed by atoms with van der Waals surface area (Å²) in [6.45, 7) is 1.99. The standard InChI is InChI=1S/C19H21N3O3/c1-14(9-10-16-8-5-13-24-16)20-17(23)11-12-18-21-19(22-25-18)15-6-3-2-4-7-15/h2-8,13-14H,9-12H2,1H3,(H,20,23)/t14-/m1/s1. The van der Waals surface area contributed by atoms with Gasteiger partial charge in [-0.1, -0.05) is 35.5 Å². The van der Waals surface area contributed by atoms with Gasteiger partial charge in [0.2, 0.25) is 17.6 Å². The minimum Gasteiger partial charge on any atom is -0.469 e. The highest BCUT2D eigenvalue weighted by Crippen LogP contribution is 2.15. The van der Waals surface area contributed by atoms with Gasteiger partial charge in [0.25, 0.3) is 0 Å². The Morgan fingerprint density at radius 2 is 2.00 bits per heavy atom. The Kier molecular flexibility index (Phi) is 5.61. The second-order valence-electron chi connectivity index (χ2n) is 5.96. The average Bonchev–Trinajstić information content (AvgIpc) is 3.31. The van der Waals surface area contributed by atoms with Gasteiger partial charge in [-0.05, 0) is 25.5 Å². The Morgan fingerprint density at radius 3 is 2.76 bits per heavy atom. The van der Waals surface area contributed by atoms with Gasteiger partial charge in [-0.15, -0.1) is 0 Å². The van der Waals surface area contributed by atoms with Crippen LogP contribution in [0.4, 0.5) is 0 Å². The molecule has 0 unspecified atom stereocenters. The molecule has 3 rings (SSSR count). The molecule has 0 saturated carbocycles. The van der Waals surface area contributed by atoms with Crippen LogP contribution in [-0.2, 0) is 17.6 Å². The lowest BCUT2D eigenvalue weighted by Gasteiger charge is -2.12. The molecule has 3 aromatic rings. The number of hydrogen-bond donors (Lipinski definition) is 1. The van der Waals surface area contributed by atoms with Crippen LogP contribution in [0.15, 0.2) is 57.7 Å². The van der Waals surface area contributed by atoms with Crippen LogP contribution in [0.3, 0.4) is 0 Å². The van der Waals surface area contributed by atoms with Gasteiger partial charge >= 0.3 is 0 Å². The fourth-order valence-corrected chi connectivity index (χ4v) is 2.51. The molecule has 0 fully saturated rings. The number of rotatable bonds is 8. The van der Waals surface area contributed by atoms with E-state index >= 15 is 0 Å². The van der Waals surface area contributed by atoms with Crippen molar-refractivity contribution in [1.29, 1.82) is 0 Å². The number of amides is 1. The van der Waals surface area contributed by atoms with Crippen molar-refractivity contribution in [1.82, 2.24) is 15.5 Å². The van der Waals surface area contributed by atoms with E-state index in [1.54, 1.807) is 6.26 Å². The van der Waals surface area contributed by atoms with E-state index in [1.807, 2.05) is 49.4 Å². The number of hydrogen-bond acceptors (Lipinski definition) is 5. The molecule has 0 aliphatic carbocycles. The molecule has 1 N–H and O–H groups in total. The van der Waals surface area contributed by atoms with Crippen LogP contribution in [-0.4, -0.2) is 22.1 Å². The van der Waals surface area contributed by atoms with E-state index in [0.29, 0.717) is 24.6 Å². The minimum atomic E-state index is -0.0218. The van der Waals surface area contributed by atoms with Gasteiger partial charge in [-0.3, -0.25) is 4.79 Å². The van der Waals surface area contributed by atoms with Gasteiger partial charge in [-0.25, -0.2) is 0 Å². The van der Waals surface area contributed by atoms with Crippen molar-refractivity contribution in [3.05, 3.63) is 60.4 Å². The monoisotopic (exact) mass is 339 g/mol. The van der Waals surface area contributed by atoms with E-state index in [0.717, 1.165) is 24.2 Å². The van der Waals surface area contributed by atoms with Crippen molar-refractivity contribution < 1.29 is 13.7 Å². The van der Waals surface area contributed by atoms with Crippen LogP contribution >= 0.6 is 0 Å². The second kappa shape index (κ2) is 8.28. The van der Waals surface area contributed by atoms with E-state index in [1.165, 1.54) is 0 Å². The Bertz CT molecular complexity index is 781. The van der Waals surface area contributed by atoms with Crippen molar-refractivity contribution in [2.75, 3.05) is 0 Å². The van der Waals surface area contributed by atoms with Crippen LogP contribution in [0.5, 0.6) is 0 Å².